The Labute approximate surface area is 127 Å². The number of carbonyl (C=O) groups excluding carboxylic acids is 1. The van der Waals surface area contributed by atoms with Gasteiger partial charge in [-0.15, -0.1) is 0 Å². The van der Waals surface area contributed by atoms with Gasteiger partial charge < -0.3 is 14.4 Å². The van der Waals surface area contributed by atoms with Crippen LogP contribution >= 0.6 is 11.3 Å². The predicted molar refractivity (Wildman–Crippen MR) is 79.8 cm³/mol. The van der Waals surface area contributed by atoms with Gasteiger partial charge in [-0.3, -0.25) is 4.79 Å². The second kappa shape index (κ2) is 6.13. The third-order valence-corrected chi connectivity index (χ3v) is 4.07. The van der Waals surface area contributed by atoms with Gasteiger partial charge in [-0.05, 0) is 6.07 Å². The Balaban J connectivity index is 1.51. The fourth-order valence-corrected chi connectivity index (χ4v) is 2.80. The number of benzene rings is 1. The smallest absolute Gasteiger partial charge is 0.273 e. The van der Waals surface area contributed by atoms with E-state index in [4.69, 9.17) is 9.47 Å². The number of carbonyl (C=O) groups is 1. The van der Waals surface area contributed by atoms with E-state index in [0.29, 0.717) is 24.7 Å². The highest BCUT2D eigenvalue weighted by molar-refractivity contribution is 7.11. The summed E-state index contributed by atoms with van der Waals surface area (Å²) in [5, 5.41) is 2.54. The minimum absolute atomic E-state index is 0.0535. The van der Waals surface area contributed by atoms with Crippen LogP contribution in [0.3, 0.4) is 0 Å². The van der Waals surface area contributed by atoms with Gasteiger partial charge in [-0.2, -0.15) is 0 Å². The highest BCUT2D eigenvalue weighted by Gasteiger charge is 2.32. The Morgan fingerprint density at radius 2 is 2.24 bits per heavy atom. The van der Waals surface area contributed by atoms with Crippen molar-refractivity contribution in [2.45, 2.75) is 12.5 Å². The number of ether oxygens (including phenoxy) is 2. The van der Waals surface area contributed by atoms with Gasteiger partial charge in [0.25, 0.3) is 5.19 Å². The third-order valence-electron chi connectivity index (χ3n) is 3.41. The maximum absolute atomic E-state index is 12.2. The Bertz CT molecular complexity index is 609. The summed E-state index contributed by atoms with van der Waals surface area (Å²) < 4.78 is 10.9. The predicted octanol–water partition coefficient (Wildman–Crippen LogP) is 1.98. The lowest BCUT2D eigenvalue weighted by molar-refractivity contribution is -0.139. The number of para-hydroxylation sites is 1. The lowest BCUT2D eigenvalue weighted by Crippen LogP contribution is -2.56. The molecule has 2 heterocycles. The van der Waals surface area contributed by atoms with Crippen LogP contribution in [0.2, 0.25) is 0 Å². The standard InChI is InChI=1S/C15H16N2O3S/c1-19-13-5-3-2-4-11(13)8-14(18)17-9-12(10-17)20-15-16-6-7-21-15/h2-7,12H,8-10H2,1H3. The molecule has 1 aromatic heterocycles. The zero-order valence-electron chi connectivity index (χ0n) is 11.7. The van der Waals surface area contributed by atoms with Crippen LogP contribution in [-0.2, 0) is 11.2 Å². The molecule has 0 unspecified atom stereocenters. The Morgan fingerprint density at radius 3 is 2.95 bits per heavy atom. The van der Waals surface area contributed by atoms with Crippen molar-refractivity contribution >= 4 is 17.2 Å². The van der Waals surface area contributed by atoms with E-state index in [2.05, 4.69) is 4.98 Å². The molecule has 0 atom stereocenters. The monoisotopic (exact) mass is 304 g/mol. The summed E-state index contributed by atoms with van der Waals surface area (Å²) in [6.07, 6.45) is 2.12. The summed E-state index contributed by atoms with van der Waals surface area (Å²) in [5.74, 6) is 0.848. The van der Waals surface area contributed by atoms with Crippen molar-refractivity contribution in [2.75, 3.05) is 20.2 Å². The number of aromatic nitrogens is 1. The van der Waals surface area contributed by atoms with Crippen LogP contribution < -0.4 is 9.47 Å². The number of rotatable bonds is 5. The maximum Gasteiger partial charge on any atom is 0.273 e. The normalized spacial score (nSPS) is 14.6. The van der Waals surface area contributed by atoms with Crippen LogP contribution in [-0.4, -0.2) is 42.1 Å². The Morgan fingerprint density at radius 1 is 1.43 bits per heavy atom. The second-order valence-corrected chi connectivity index (χ2v) is 5.68. The zero-order valence-corrected chi connectivity index (χ0v) is 12.5. The second-order valence-electron chi connectivity index (χ2n) is 4.83. The van der Waals surface area contributed by atoms with Crippen LogP contribution in [0.4, 0.5) is 0 Å². The molecule has 6 heteroatoms. The van der Waals surface area contributed by atoms with Crippen molar-refractivity contribution in [3.8, 4) is 10.9 Å². The average Bonchev–Trinajstić information content (AvgIpc) is 2.96. The number of methoxy groups -OCH3 is 1. The Kier molecular flexibility index (Phi) is 4.06. The number of nitrogens with zero attached hydrogens (tertiary/aromatic N) is 2. The summed E-state index contributed by atoms with van der Waals surface area (Å²) in [7, 11) is 1.62. The van der Waals surface area contributed by atoms with Crippen LogP contribution in [0.1, 0.15) is 5.56 Å². The first-order chi connectivity index (χ1) is 10.3. The molecule has 0 spiro atoms. The van der Waals surface area contributed by atoms with Gasteiger partial charge >= 0.3 is 0 Å². The summed E-state index contributed by atoms with van der Waals surface area (Å²) in [5.41, 5.74) is 0.911. The van der Waals surface area contributed by atoms with Crippen molar-refractivity contribution in [3.63, 3.8) is 0 Å². The highest BCUT2D eigenvalue weighted by atomic mass is 32.1. The fraction of sp³-hybridized carbons (Fsp3) is 0.333. The molecule has 3 rings (SSSR count). The zero-order chi connectivity index (χ0) is 14.7. The molecule has 1 aromatic carbocycles. The Hall–Kier alpha value is -2.08. The molecule has 1 fully saturated rings. The largest absolute Gasteiger partial charge is 0.496 e. The van der Waals surface area contributed by atoms with Gasteiger partial charge in [0.2, 0.25) is 5.91 Å². The van der Waals surface area contributed by atoms with E-state index in [1.807, 2.05) is 29.6 Å². The molecule has 1 amide bonds. The van der Waals surface area contributed by atoms with Gasteiger partial charge in [0, 0.05) is 17.1 Å². The van der Waals surface area contributed by atoms with Crippen molar-refractivity contribution in [2.24, 2.45) is 0 Å². The van der Waals surface area contributed by atoms with Gasteiger partial charge in [-0.1, -0.05) is 29.5 Å². The van der Waals surface area contributed by atoms with E-state index in [1.54, 1.807) is 18.2 Å². The van der Waals surface area contributed by atoms with E-state index < -0.39 is 0 Å². The topological polar surface area (TPSA) is 51.7 Å². The molecule has 0 N–H and O–H groups in total. The molecule has 1 aliphatic rings. The molecule has 1 saturated heterocycles. The summed E-state index contributed by atoms with van der Waals surface area (Å²) in [6, 6.07) is 7.59. The molecule has 2 aromatic rings. The average molecular weight is 304 g/mol. The van der Waals surface area contributed by atoms with E-state index in [-0.39, 0.29) is 12.0 Å². The molecule has 1 aliphatic heterocycles. The van der Waals surface area contributed by atoms with E-state index >= 15 is 0 Å². The van der Waals surface area contributed by atoms with E-state index in [0.717, 1.165) is 11.3 Å². The first-order valence-electron chi connectivity index (χ1n) is 6.72. The van der Waals surface area contributed by atoms with Crippen LogP contribution in [0.5, 0.6) is 10.9 Å². The van der Waals surface area contributed by atoms with Gasteiger partial charge in [0.05, 0.1) is 26.6 Å². The quantitative estimate of drug-likeness (QED) is 0.847. The van der Waals surface area contributed by atoms with Crippen LogP contribution in [0, 0.1) is 0 Å². The molecule has 0 saturated carbocycles. The first kappa shape index (κ1) is 13.9. The van der Waals surface area contributed by atoms with Crippen LogP contribution in [0.15, 0.2) is 35.8 Å². The minimum atomic E-state index is 0.0535. The number of amides is 1. The van der Waals surface area contributed by atoms with E-state index in [1.165, 1.54) is 11.3 Å². The van der Waals surface area contributed by atoms with Crippen molar-refractivity contribution < 1.29 is 14.3 Å². The molecule has 5 nitrogen and oxygen atoms in total. The molecule has 0 bridgehead atoms. The number of hydrogen-bond donors (Lipinski definition) is 0. The summed E-state index contributed by atoms with van der Waals surface area (Å²) in [6.45, 7) is 1.24. The van der Waals surface area contributed by atoms with Crippen molar-refractivity contribution in [3.05, 3.63) is 41.4 Å². The lowest BCUT2D eigenvalue weighted by Gasteiger charge is -2.38. The van der Waals surface area contributed by atoms with Crippen LogP contribution in [0.25, 0.3) is 0 Å². The number of hydrogen-bond acceptors (Lipinski definition) is 5. The molecule has 0 aliphatic carbocycles. The van der Waals surface area contributed by atoms with Crippen molar-refractivity contribution in [1.29, 1.82) is 0 Å². The first-order valence-corrected chi connectivity index (χ1v) is 7.60. The molecule has 21 heavy (non-hydrogen) atoms. The number of likely N-dealkylation sites (tertiary alicyclic amines) is 1. The minimum Gasteiger partial charge on any atom is -0.496 e. The third kappa shape index (κ3) is 3.16. The maximum atomic E-state index is 12.2. The molecular formula is C15H16N2O3S. The van der Waals surface area contributed by atoms with E-state index in [9.17, 15) is 4.79 Å². The molecule has 110 valence electrons. The lowest BCUT2D eigenvalue weighted by atomic mass is 10.1. The number of thiazole rings is 1. The summed E-state index contributed by atoms with van der Waals surface area (Å²) >= 11 is 1.46. The molecular weight excluding hydrogens is 288 g/mol. The SMILES string of the molecule is COc1ccccc1CC(=O)N1CC(Oc2nccs2)C1. The van der Waals surface area contributed by atoms with Gasteiger partial charge in [0.1, 0.15) is 11.9 Å². The van der Waals surface area contributed by atoms with Gasteiger partial charge in [-0.25, -0.2) is 4.98 Å². The van der Waals surface area contributed by atoms with Crippen molar-refractivity contribution in [1.82, 2.24) is 9.88 Å². The van der Waals surface area contributed by atoms with Gasteiger partial charge in [0.15, 0.2) is 0 Å². The highest BCUT2D eigenvalue weighted by Crippen LogP contribution is 2.22. The molecule has 0 radical (unpaired) electrons. The summed E-state index contributed by atoms with van der Waals surface area (Å²) in [4.78, 5) is 18.1. The fourth-order valence-electron chi connectivity index (χ4n) is 2.25.